The molecular formula is C20H23N3O4S. The highest BCUT2D eigenvalue weighted by atomic mass is 32.2. The number of carbonyl (C=O) groups excluding carboxylic acids is 1. The van der Waals surface area contributed by atoms with Gasteiger partial charge in [0.15, 0.2) is 0 Å². The maximum atomic E-state index is 12.2. The van der Waals surface area contributed by atoms with Gasteiger partial charge in [0.25, 0.3) is 5.69 Å². The quantitative estimate of drug-likeness (QED) is 0.387. The lowest BCUT2D eigenvalue weighted by Gasteiger charge is -2.22. The van der Waals surface area contributed by atoms with Gasteiger partial charge in [0.1, 0.15) is 11.5 Å². The van der Waals surface area contributed by atoms with E-state index in [-0.39, 0.29) is 17.8 Å². The highest BCUT2D eigenvalue weighted by molar-refractivity contribution is 7.98. The van der Waals surface area contributed by atoms with Gasteiger partial charge in [0, 0.05) is 18.2 Å². The molecule has 0 bridgehead atoms. The molecule has 2 aromatic carbocycles. The molecule has 1 aliphatic carbocycles. The Morgan fingerprint density at radius 2 is 1.96 bits per heavy atom. The Hall–Kier alpha value is -2.74. The number of carbonyl (C=O) groups is 1. The Morgan fingerprint density at radius 3 is 2.68 bits per heavy atom. The van der Waals surface area contributed by atoms with Crippen LogP contribution in [0.4, 0.5) is 10.5 Å². The third kappa shape index (κ3) is 5.63. The summed E-state index contributed by atoms with van der Waals surface area (Å²) in [5.41, 5.74) is 0.979. The molecule has 0 aliphatic heterocycles. The minimum Gasteiger partial charge on any atom is -0.456 e. The fraction of sp³-hybridized carbons (Fsp3) is 0.350. The summed E-state index contributed by atoms with van der Waals surface area (Å²) < 4.78 is 8.61. The van der Waals surface area contributed by atoms with Gasteiger partial charge >= 0.3 is 6.03 Å². The first-order valence-corrected chi connectivity index (χ1v) is 10.1. The Kier molecular flexibility index (Phi) is 6.76. The topological polar surface area (TPSA) is 93.5 Å². The summed E-state index contributed by atoms with van der Waals surface area (Å²) in [6, 6.07) is 11.7. The van der Waals surface area contributed by atoms with Crippen molar-refractivity contribution in [3.8, 4) is 11.5 Å². The lowest BCUT2D eigenvalue weighted by Crippen LogP contribution is -2.40. The summed E-state index contributed by atoms with van der Waals surface area (Å²) in [5, 5.41) is 14.1. The zero-order valence-corrected chi connectivity index (χ0v) is 16.5. The molecule has 148 valence electrons. The summed E-state index contributed by atoms with van der Waals surface area (Å²) in [5.74, 6) is 1.07. The van der Waals surface area contributed by atoms with Gasteiger partial charge in [-0.3, -0.25) is 14.8 Å². The van der Waals surface area contributed by atoms with Gasteiger partial charge < -0.3 is 10.1 Å². The van der Waals surface area contributed by atoms with E-state index < -0.39 is 4.92 Å². The minimum absolute atomic E-state index is 0.0615. The van der Waals surface area contributed by atoms with Crippen LogP contribution < -0.4 is 14.8 Å². The molecule has 8 heteroatoms. The van der Waals surface area contributed by atoms with Crippen LogP contribution in [-0.4, -0.2) is 17.0 Å². The number of nitro groups is 1. The van der Waals surface area contributed by atoms with Crippen molar-refractivity contribution in [1.29, 1.82) is 0 Å². The molecule has 2 aromatic rings. The number of nitro benzene ring substituents is 1. The van der Waals surface area contributed by atoms with Crippen LogP contribution in [0.15, 0.2) is 47.4 Å². The van der Waals surface area contributed by atoms with Gasteiger partial charge in [-0.1, -0.05) is 31.4 Å². The average molecular weight is 401 g/mol. The molecule has 2 amide bonds. The van der Waals surface area contributed by atoms with Crippen molar-refractivity contribution in [3.63, 3.8) is 0 Å². The number of aryl methyl sites for hydroxylation is 1. The van der Waals surface area contributed by atoms with E-state index in [1.165, 1.54) is 18.6 Å². The average Bonchev–Trinajstić information content (AvgIpc) is 2.68. The predicted octanol–water partition coefficient (Wildman–Crippen LogP) is 5.33. The second-order valence-electron chi connectivity index (χ2n) is 6.82. The zero-order valence-electron chi connectivity index (χ0n) is 15.6. The van der Waals surface area contributed by atoms with Gasteiger partial charge in [0.05, 0.1) is 9.82 Å². The third-order valence-electron chi connectivity index (χ3n) is 4.55. The molecular weight excluding hydrogens is 378 g/mol. The number of non-ortho nitro benzene ring substituents is 1. The molecule has 0 saturated heterocycles. The maximum absolute atomic E-state index is 12.2. The Bertz CT molecular complexity index is 853. The fourth-order valence-corrected chi connectivity index (χ4v) is 3.79. The molecule has 0 spiro atoms. The Balaban J connectivity index is 1.70. The van der Waals surface area contributed by atoms with E-state index in [2.05, 4.69) is 10.0 Å². The van der Waals surface area contributed by atoms with Crippen LogP contribution in [0, 0.1) is 17.0 Å². The normalized spacial score (nSPS) is 14.3. The molecule has 0 unspecified atom stereocenters. The number of nitrogens with zero attached hydrogens (tertiary/aromatic N) is 1. The van der Waals surface area contributed by atoms with Crippen LogP contribution in [0.3, 0.4) is 0 Å². The second kappa shape index (κ2) is 9.45. The van der Waals surface area contributed by atoms with Crippen molar-refractivity contribution in [3.05, 3.63) is 58.1 Å². The lowest BCUT2D eigenvalue weighted by molar-refractivity contribution is -0.385. The van der Waals surface area contributed by atoms with Crippen molar-refractivity contribution in [2.75, 3.05) is 0 Å². The van der Waals surface area contributed by atoms with Crippen LogP contribution in [0.2, 0.25) is 0 Å². The SMILES string of the molecule is Cc1cccc(Oc2ccc([N+](=O)[O-])cc2SNC(=O)NC2CCCCC2)c1. The zero-order chi connectivity index (χ0) is 19.9. The van der Waals surface area contributed by atoms with E-state index in [9.17, 15) is 14.9 Å². The van der Waals surface area contributed by atoms with Crippen LogP contribution >= 0.6 is 11.9 Å². The van der Waals surface area contributed by atoms with Crippen LogP contribution in [0.25, 0.3) is 0 Å². The summed E-state index contributed by atoms with van der Waals surface area (Å²) in [7, 11) is 0. The number of hydrogen-bond acceptors (Lipinski definition) is 5. The standard InChI is InChI=1S/C20H23N3O4S/c1-14-6-5-9-17(12-14)27-18-11-10-16(23(25)26)13-19(18)28-22-20(24)21-15-7-3-2-4-8-15/h5-6,9-13,15H,2-4,7-8H2,1H3,(H2,21,22,24). The molecule has 0 heterocycles. The maximum Gasteiger partial charge on any atom is 0.325 e. The summed E-state index contributed by atoms with van der Waals surface area (Å²) in [6.07, 6.45) is 5.42. The van der Waals surface area contributed by atoms with Crippen molar-refractivity contribution in [1.82, 2.24) is 10.0 Å². The van der Waals surface area contributed by atoms with Gasteiger partial charge in [-0.2, -0.15) is 0 Å². The van der Waals surface area contributed by atoms with Gasteiger partial charge in [-0.05, 0) is 55.5 Å². The molecule has 7 nitrogen and oxygen atoms in total. The summed E-state index contributed by atoms with van der Waals surface area (Å²) >= 11 is 1.01. The monoisotopic (exact) mass is 401 g/mol. The van der Waals surface area contributed by atoms with Crippen LogP contribution in [0.1, 0.15) is 37.7 Å². The summed E-state index contributed by atoms with van der Waals surface area (Å²) in [4.78, 5) is 23.3. The number of benzene rings is 2. The lowest BCUT2D eigenvalue weighted by atomic mass is 9.96. The number of amides is 2. The van der Waals surface area contributed by atoms with Crippen LogP contribution in [0.5, 0.6) is 11.5 Å². The number of nitrogens with one attached hydrogen (secondary N) is 2. The van der Waals surface area contributed by atoms with Gasteiger partial charge in [-0.25, -0.2) is 4.79 Å². The first kappa shape index (κ1) is 20.0. The molecule has 3 rings (SSSR count). The van der Waals surface area contributed by atoms with Crippen molar-refractivity contribution < 1.29 is 14.5 Å². The third-order valence-corrected chi connectivity index (χ3v) is 5.38. The molecule has 0 aromatic heterocycles. The van der Waals surface area contributed by atoms with E-state index >= 15 is 0 Å². The van der Waals surface area contributed by atoms with E-state index in [0.717, 1.165) is 43.2 Å². The fourth-order valence-electron chi connectivity index (χ4n) is 3.14. The molecule has 28 heavy (non-hydrogen) atoms. The van der Waals surface area contributed by atoms with Gasteiger partial charge in [0.2, 0.25) is 0 Å². The highest BCUT2D eigenvalue weighted by Crippen LogP contribution is 2.34. The number of hydrogen-bond donors (Lipinski definition) is 2. The second-order valence-corrected chi connectivity index (χ2v) is 7.67. The van der Waals surface area contributed by atoms with Gasteiger partial charge in [-0.15, -0.1) is 0 Å². The summed E-state index contributed by atoms with van der Waals surface area (Å²) in [6.45, 7) is 1.95. The molecule has 0 radical (unpaired) electrons. The molecule has 1 aliphatic rings. The highest BCUT2D eigenvalue weighted by Gasteiger charge is 2.18. The number of rotatable bonds is 6. The van der Waals surface area contributed by atoms with E-state index in [1.54, 1.807) is 6.07 Å². The van der Waals surface area contributed by atoms with Crippen molar-refractivity contribution >= 4 is 23.7 Å². The first-order valence-electron chi connectivity index (χ1n) is 9.27. The van der Waals surface area contributed by atoms with Crippen molar-refractivity contribution in [2.24, 2.45) is 0 Å². The van der Waals surface area contributed by atoms with E-state index in [4.69, 9.17) is 4.74 Å². The first-order chi connectivity index (χ1) is 13.5. The number of urea groups is 1. The van der Waals surface area contributed by atoms with E-state index in [0.29, 0.717) is 16.4 Å². The molecule has 1 saturated carbocycles. The smallest absolute Gasteiger partial charge is 0.325 e. The minimum atomic E-state index is -0.470. The Morgan fingerprint density at radius 1 is 1.18 bits per heavy atom. The predicted molar refractivity (Wildman–Crippen MR) is 109 cm³/mol. The molecule has 1 fully saturated rings. The van der Waals surface area contributed by atoms with Crippen LogP contribution in [-0.2, 0) is 0 Å². The largest absolute Gasteiger partial charge is 0.456 e. The Labute approximate surface area is 168 Å². The molecule has 0 atom stereocenters. The number of ether oxygens (including phenoxy) is 1. The van der Waals surface area contributed by atoms with E-state index in [1.807, 2.05) is 31.2 Å². The molecule has 2 N–H and O–H groups in total. The van der Waals surface area contributed by atoms with Crippen molar-refractivity contribution in [2.45, 2.75) is 50.0 Å².